The first kappa shape index (κ1) is 36.1. The number of hydrogen-bond acceptors (Lipinski definition) is 0. The first-order valence-corrected chi connectivity index (χ1v) is 17.7. The van der Waals surface area contributed by atoms with Gasteiger partial charge in [-0.25, -0.2) is 5.57 Å². The Morgan fingerprint density at radius 1 is 0.844 bits per heavy atom. The van der Waals surface area contributed by atoms with Crippen molar-refractivity contribution in [2.24, 2.45) is 5.92 Å². The summed E-state index contributed by atoms with van der Waals surface area (Å²) in [4.78, 5) is 0. The second kappa shape index (κ2) is 21.1. The van der Waals surface area contributed by atoms with Crippen molar-refractivity contribution in [1.29, 1.82) is 0 Å². The summed E-state index contributed by atoms with van der Waals surface area (Å²) in [5.74, 6) is 0.560. The molecule has 0 aliphatic heterocycles. The number of rotatable bonds is 1. The minimum absolute atomic E-state index is 0. The Hall–Kier alpha value is -0.464. The quantitative estimate of drug-likeness (QED) is 0.191. The van der Waals surface area contributed by atoms with Gasteiger partial charge in [-0.1, -0.05) is 68.7 Å². The average Bonchev–Trinajstić information content (AvgIpc) is 3.35. The molecule has 174 valence electrons. The van der Waals surface area contributed by atoms with Crippen molar-refractivity contribution in [2.75, 3.05) is 0 Å². The summed E-state index contributed by atoms with van der Waals surface area (Å²) >= 11 is 3.64. The molecule has 0 N–H and O–H groups in total. The summed E-state index contributed by atoms with van der Waals surface area (Å²) in [5, 5.41) is 2.65. The number of fused-ring (bicyclic) bond motifs is 1. The molecule has 3 aromatic rings. The molecular formula is C28H36Cl2GeZr-4. The Kier molecular flexibility index (Phi) is 23.8. The van der Waals surface area contributed by atoms with Crippen molar-refractivity contribution in [3.05, 3.63) is 103 Å². The predicted molar refractivity (Wildman–Crippen MR) is 147 cm³/mol. The summed E-state index contributed by atoms with van der Waals surface area (Å²) < 4.78 is 0. The second-order valence-corrected chi connectivity index (χ2v) is 6.50. The zero-order valence-corrected chi connectivity index (χ0v) is 26.3. The standard InChI is InChI=1S/C15H11.C9H13.2C2H5.2ClH.Ge.Zr/c1-2-6-12(7-3-1)15-11-10-13-8-4-5-9-14(13)15;1-6-5-7(2)9(4)8(6)3;2*1-2;;;;/h1-11H;6H,1-4H3;2*1H2,2H3;2*1H;;/q4*-1;;;;. The molecule has 1 aliphatic carbocycles. The van der Waals surface area contributed by atoms with Gasteiger partial charge >= 0.3 is 33.7 Å². The van der Waals surface area contributed by atoms with Crippen molar-refractivity contribution in [1.82, 2.24) is 0 Å². The van der Waals surface area contributed by atoms with Crippen molar-refractivity contribution in [3.63, 3.8) is 0 Å². The summed E-state index contributed by atoms with van der Waals surface area (Å²) in [7, 11) is 0. The van der Waals surface area contributed by atoms with Gasteiger partial charge in [-0.05, 0) is 0 Å². The van der Waals surface area contributed by atoms with Gasteiger partial charge < -0.3 is 13.8 Å². The van der Waals surface area contributed by atoms with E-state index in [2.05, 4.69) is 126 Å². The fraction of sp³-hybridized carbons (Fsp3) is 0.250. The van der Waals surface area contributed by atoms with E-state index in [4.69, 9.17) is 0 Å². The molecule has 3 aromatic carbocycles. The monoisotopic (exact) mass is 606 g/mol. The molecule has 0 fully saturated rings. The Morgan fingerprint density at radius 2 is 1.34 bits per heavy atom. The van der Waals surface area contributed by atoms with E-state index in [1.165, 1.54) is 38.6 Å². The van der Waals surface area contributed by atoms with Gasteiger partial charge in [0.25, 0.3) is 0 Å². The fourth-order valence-electron chi connectivity index (χ4n) is 3.18. The van der Waals surface area contributed by atoms with Gasteiger partial charge in [0.1, 0.15) is 0 Å². The van der Waals surface area contributed by atoms with Gasteiger partial charge in [-0.2, -0.15) is 25.0 Å². The van der Waals surface area contributed by atoms with E-state index in [9.17, 15) is 0 Å². The van der Waals surface area contributed by atoms with Crippen LogP contribution in [0.25, 0.3) is 21.9 Å². The van der Waals surface area contributed by atoms with E-state index in [0.717, 1.165) is 0 Å². The van der Waals surface area contributed by atoms with Crippen LogP contribution in [0.5, 0.6) is 0 Å². The molecule has 0 heterocycles. The van der Waals surface area contributed by atoms with Crippen LogP contribution in [-0.4, -0.2) is 12.1 Å². The predicted octanol–water partition coefficient (Wildman–Crippen LogP) is 9.09. The van der Waals surface area contributed by atoms with E-state index in [0.29, 0.717) is 5.92 Å². The Labute approximate surface area is 229 Å². The van der Waals surface area contributed by atoms with Crippen LogP contribution in [0.1, 0.15) is 41.5 Å². The summed E-state index contributed by atoms with van der Waals surface area (Å²) in [6.45, 7) is 18.7. The van der Waals surface area contributed by atoms with Gasteiger partial charge in [0.2, 0.25) is 0 Å². The molecule has 0 aromatic heterocycles. The molecule has 0 saturated carbocycles. The zero-order chi connectivity index (χ0) is 23.1. The van der Waals surface area contributed by atoms with Crippen LogP contribution in [0.3, 0.4) is 0 Å². The number of hydrogen-bond donors (Lipinski definition) is 0. The largest absolute Gasteiger partial charge is 0.150 e. The van der Waals surface area contributed by atoms with Crippen LogP contribution in [-0.2, 0) is 21.6 Å². The molecule has 0 saturated heterocycles. The average molecular weight is 607 g/mol. The molecule has 0 nitrogen and oxygen atoms in total. The van der Waals surface area contributed by atoms with Crippen molar-refractivity contribution in [3.8, 4) is 11.1 Å². The molecule has 1 aliphatic rings. The summed E-state index contributed by atoms with van der Waals surface area (Å²) in [6, 6.07) is 23.4. The minimum Gasteiger partial charge on any atom is -0.150 e. The van der Waals surface area contributed by atoms with Crippen molar-refractivity contribution < 1.29 is 21.6 Å². The Bertz CT molecular complexity index is 927. The smallest absolute Gasteiger partial charge is 0.0623 e. The molecule has 4 rings (SSSR count). The molecule has 0 bridgehead atoms. The van der Waals surface area contributed by atoms with Gasteiger partial charge in [0.15, 0.2) is 0 Å². The number of benzene rings is 2. The third kappa shape index (κ3) is 10.6. The maximum absolute atomic E-state index is 3.36. The molecule has 1 atom stereocenters. The normalized spacial score (nSPS) is 13.1. The van der Waals surface area contributed by atoms with Crippen LogP contribution in [0.4, 0.5) is 0 Å². The van der Waals surface area contributed by atoms with Crippen LogP contribution >= 0.6 is 24.8 Å². The molecule has 1 unspecified atom stereocenters. The molecular weight excluding hydrogens is 571 g/mol. The van der Waals surface area contributed by atoms with Crippen LogP contribution in [0.15, 0.2) is 83.4 Å². The molecule has 4 heteroatoms. The van der Waals surface area contributed by atoms with E-state index < -0.39 is 0 Å². The maximum atomic E-state index is 3.36. The summed E-state index contributed by atoms with van der Waals surface area (Å²) in [6.07, 6.45) is 3.36. The third-order valence-corrected chi connectivity index (χ3v) is 5.00. The van der Waals surface area contributed by atoms with Crippen molar-refractivity contribution in [2.45, 2.75) is 41.5 Å². The van der Waals surface area contributed by atoms with E-state index >= 15 is 0 Å². The van der Waals surface area contributed by atoms with Gasteiger partial charge in [-0.3, -0.25) is 6.08 Å². The van der Waals surface area contributed by atoms with Crippen LogP contribution in [0.2, 0.25) is 0 Å². The number of allylic oxidation sites excluding steroid dienone is 4. The van der Waals surface area contributed by atoms with Crippen LogP contribution in [0, 0.1) is 25.8 Å². The minimum atomic E-state index is 0. The van der Waals surface area contributed by atoms with E-state index in [1.807, 2.05) is 0 Å². The van der Waals surface area contributed by atoms with E-state index in [-0.39, 0.29) is 24.8 Å². The van der Waals surface area contributed by atoms with Crippen LogP contribution < -0.4 is 0 Å². The van der Waals surface area contributed by atoms with E-state index in [1.54, 1.807) is 35.4 Å². The van der Waals surface area contributed by atoms with Crippen molar-refractivity contribution >= 4 is 47.7 Å². The topological polar surface area (TPSA) is 0 Å². The van der Waals surface area contributed by atoms with Gasteiger partial charge in [0, 0.05) is 0 Å². The molecule has 0 amide bonds. The Morgan fingerprint density at radius 3 is 1.78 bits per heavy atom. The molecule has 2 radical (unpaired) electrons. The second-order valence-electron chi connectivity index (χ2n) is 6.50. The SMILES string of the molecule is CC1=[C-]C(C)C(C)=C1C.Cl.Cl.[CH2-]C.[CH2-]C.[Ge]=[Zr].c1ccc(-c2c[cH-]c3ccccc23)cc1. The summed E-state index contributed by atoms with van der Waals surface area (Å²) in [5.41, 5.74) is 6.86. The third-order valence-electron chi connectivity index (χ3n) is 5.00. The molecule has 32 heavy (non-hydrogen) atoms. The number of halogens is 2. The molecule has 0 spiro atoms. The first-order valence-electron chi connectivity index (χ1n) is 10.2. The van der Waals surface area contributed by atoms with Gasteiger partial charge in [0.05, 0.1) is 0 Å². The first-order chi connectivity index (χ1) is 14.6. The fourth-order valence-corrected chi connectivity index (χ4v) is 3.18. The van der Waals surface area contributed by atoms with Gasteiger partial charge in [-0.15, -0.1) is 78.4 Å². The Balaban J connectivity index is -0.000000432. The zero-order valence-electron chi connectivity index (χ0n) is 20.2. The maximum Gasteiger partial charge on any atom is -0.0623 e.